The monoisotopic (exact) mass is 291 g/mol. The third-order valence-corrected chi connectivity index (χ3v) is 3.72. The van der Waals surface area contributed by atoms with Crippen LogP contribution in [0.1, 0.15) is 38.1 Å². The average molecular weight is 291 g/mol. The maximum Gasteiger partial charge on any atom is 0.226 e. The molecule has 0 bridgehead atoms. The topological polar surface area (TPSA) is 64.9 Å². The van der Waals surface area contributed by atoms with Crippen LogP contribution in [0.4, 0.5) is 4.39 Å². The van der Waals surface area contributed by atoms with Gasteiger partial charge in [0.05, 0.1) is 0 Å². The van der Waals surface area contributed by atoms with Crippen molar-refractivity contribution in [1.29, 1.82) is 0 Å². The summed E-state index contributed by atoms with van der Waals surface area (Å²) in [5, 5.41) is 3.97. The molecule has 1 aromatic heterocycles. The van der Waals surface area contributed by atoms with Gasteiger partial charge in [0, 0.05) is 12.0 Å². The van der Waals surface area contributed by atoms with Crippen molar-refractivity contribution >= 4 is 0 Å². The molecule has 2 rings (SSSR count). The molecule has 0 aliphatic heterocycles. The summed E-state index contributed by atoms with van der Waals surface area (Å²) in [6.45, 7) is 6.76. The molecule has 2 N–H and O–H groups in total. The second-order valence-electron chi connectivity index (χ2n) is 6.18. The Labute approximate surface area is 124 Å². The van der Waals surface area contributed by atoms with Crippen LogP contribution in [0.25, 0.3) is 11.4 Å². The van der Waals surface area contributed by atoms with E-state index in [-0.39, 0.29) is 11.2 Å². The van der Waals surface area contributed by atoms with Crippen molar-refractivity contribution in [2.75, 3.05) is 6.54 Å². The van der Waals surface area contributed by atoms with Crippen LogP contribution in [0.3, 0.4) is 0 Å². The summed E-state index contributed by atoms with van der Waals surface area (Å²) in [4.78, 5) is 4.38. The molecule has 1 aromatic carbocycles. The van der Waals surface area contributed by atoms with Crippen molar-refractivity contribution < 1.29 is 8.91 Å². The van der Waals surface area contributed by atoms with Crippen molar-refractivity contribution in [2.45, 2.75) is 40.0 Å². The molecule has 114 valence electrons. The summed E-state index contributed by atoms with van der Waals surface area (Å²) < 4.78 is 18.5. The minimum Gasteiger partial charge on any atom is -0.339 e. The number of hydrogen-bond donors (Lipinski definition) is 1. The van der Waals surface area contributed by atoms with E-state index in [9.17, 15) is 4.39 Å². The van der Waals surface area contributed by atoms with Gasteiger partial charge in [0.2, 0.25) is 11.7 Å². The SMILES string of the molecule is Cc1cc(-c2noc(CCC(C)(C)CCN)n2)ccc1F. The zero-order chi connectivity index (χ0) is 15.5. The molecule has 0 spiro atoms. The van der Waals surface area contributed by atoms with Crippen molar-refractivity contribution in [3.8, 4) is 11.4 Å². The number of nitrogens with zero attached hydrogens (tertiary/aromatic N) is 2. The van der Waals surface area contributed by atoms with Crippen LogP contribution in [-0.4, -0.2) is 16.7 Å². The van der Waals surface area contributed by atoms with Crippen LogP contribution >= 0.6 is 0 Å². The number of aromatic nitrogens is 2. The number of aryl methyl sites for hydroxylation is 2. The van der Waals surface area contributed by atoms with Gasteiger partial charge in [-0.15, -0.1) is 0 Å². The lowest BCUT2D eigenvalue weighted by atomic mass is 9.84. The summed E-state index contributed by atoms with van der Waals surface area (Å²) in [6, 6.07) is 4.81. The van der Waals surface area contributed by atoms with Gasteiger partial charge in [0.1, 0.15) is 5.82 Å². The van der Waals surface area contributed by atoms with Crippen molar-refractivity contribution in [2.24, 2.45) is 11.1 Å². The highest BCUT2D eigenvalue weighted by Crippen LogP contribution is 2.26. The van der Waals surface area contributed by atoms with Crippen LogP contribution in [0.5, 0.6) is 0 Å². The largest absolute Gasteiger partial charge is 0.339 e. The van der Waals surface area contributed by atoms with Crippen LogP contribution in [0.2, 0.25) is 0 Å². The van der Waals surface area contributed by atoms with Gasteiger partial charge < -0.3 is 10.3 Å². The van der Waals surface area contributed by atoms with Gasteiger partial charge in [-0.05, 0) is 55.5 Å². The van der Waals surface area contributed by atoms with E-state index in [2.05, 4.69) is 24.0 Å². The predicted molar refractivity (Wildman–Crippen MR) is 80.2 cm³/mol. The highest BCUT2D eigenvalue weighted by atomic mass is 19.1. The van der Waals surface area contributed by atoms with Crippen molar-refractivity contribution in [3.63, 3.8) is 0 Å². The van der Waals surface area contributed by atoms with Gasteiger partial charge >= 0.3 is 0 Å². The molecule has 0 fully saturated rings. The van der Waals surface area contributed by atoms with Crippen molar-refractivity contribution in [3.05, 3.63) is 35.5 Å². The summed E-state index contributed by atoms with van der Waals surface area (Å²) >= 11 is 0. The molecule has 21 heavy (non-hydrogen) atoms. The zero-order valence-corrected chi connectivity index (χ0v) is 12.8. The van der Waals surface area contributed by atoms with E-state index in [0.29, 0.717) is 23.8 Å². The first-order valence-electron chi connectivity index (χ1n) is 7.20. The number of halogens is 1. The number of benzene rings is 1. The molecule has 0 amide bonds. The van der Waals surface area contributed by atoms with Gasteiger partial charge in [-0.2, -0.15) is 4.98 Å². The zero-order valence-electron chi connectivity index (χ0n) is 12.8. The van der Waals surface area contributed by atoms with Crippen LogP contribution in [0, 0.1) is 18.2 Å². The van der Waals surface area contributed by atoms with Crippen LogP contribution in [0.15, 0.2) is 22.7 Å². The van der Waals surface area contributed by atoms with Gasteiger partial charge in [-0.3, -0.25) is 0 Å². The van der Waals surface area contributed by atoms with E-state index in [1.165, 1.54) is 6.07 Å². The lowest BCUT2D eigenvalue weighted by Crippen LogP contribution is -2.17. The van der Waals surface area contributed by atoms with Gasteiger partial charge in [-0.25, -0.2) is 4.39 Å². The van der Waals surface area contributed by atoms with Gasteiger partial charge in [0.25, 0.3) is 0 Å². The smallest absolute Gasteiger partial charge is 0.226 e. The van der Waals surface area contributed by atoms with Crippen LogP contribution in [-0.2, 0) is 6.42 Å². The molecule has 0 radical (unpaired) electrons. The highest BCUT2D eigenvalue weighted by Gasteiger charge is 2.19. The van der Waals surface area contributed by atoms with Gasteiger partial charge in [0.15, 0.2) is 0 Å². The Hall–Kier alpha value is -1.75. The number of rotatable bonds is 6. The summed E-state index contributed by atoms with van der Waals surface area (Å²) in [5.41, 5.74) is 7.11. The quantitative estimate of drug-likeness (QED) is 0.884. The Morgan fingerprint density at radius 2 is 2.05 bits per heavy atom. The Kier molecular flexibility index (Phi) is 4.73. The summed E-state index contributed by atoms with van der Waals surface area (Å²) in [7, 11) is 0. The Balaban J connectivity index is 2.06. The van der Waals surface area contributed by atoms with Crippen molar-refractivity contribution in [1.82, 2.24) is 10.1 Å². The first-order valence-corrected chi connectivity index (χ1v) is 7.20. The Morgan fingerprint density at radius 3 is 2.71 bits per heavy atom. The molecule has 0 saturated carbocycles. The minimum atomic E-state index is -0.231. The third-order valence-electron chi connectivity index (χ3n) is 3.72. The number of hydrogen-bond acceptors (Lipinski definition) is 4. The molecule has 1 heterocycles. The van der Waals surface area contributed by atoms with E-state index in [1.807, 2.05) is 0 Å². The molecule has 0 saturated heterocycles. The van der Waals surface area contributed by atoms with E-state index >= 15 is 0 Å². The average Bonchev–Trinajstić information content (AvgIpc) is 2.89. The van der Waals surface area contributed by atoms with E-state index in [0.717, 1.165) is 24.8 Å². The van der Waals surface area contributed by atoms with E-state index in [1.54, 1.807) is 19.1 Å². The Morgan fingerprint density at radius 1 is 1.29 bits per heavy atom. The normalized spacial score (nSPS) is 11.9. The number of nitrogens with two attached hydrogens (primary N) is 1. The molecule has 0 unspecified atom stereocenters. The fourth-order valence-corrected chi connectivity index (χ4v) is 2.22. The minimum absolute atomic E-state index is 0.163. The molecular formula is C16H22FN3O. The summed E-state index contributed by atoms with van der Waals surface area (Å²) in [5.74, 6) is 0.882. The molecule has 2 aromatic rings. The standard InChI is InChI=1S/C16H22FN3O/c1-11-10-12(4-5-13(11)17)15-19-14(21-20-15)6-7-16(2,3)8-9-18/h4-5,10H,6-9,18H2,1-3H3. The maximum absolute atomic E-state index is 13.3. The highest BCUT2D eigenvalue weighted by molar-refractivity contribution is 5.55. The Bertz CT molecular complexity index is 607. The third kappa shape index (κ3) is 4.11. The predicted octanol–water partition coefficient (Wildman–Crippen LogP) is 3.49. The maximum atomic E-state index is 13.3. The second kappa shape index (κ2) is 6.35. The molecule has 0 aliphatic carbocycles. The van der Waals surface area contributed by atoms with Gasteiger partial charge in [-0.1, -0.05) is 19.0 Å². The fraction of sp³-hybridized carbons (Fsp3) is 0.500. The van der Waals surface area contributed by atoms with E-state index in [4.69, 9.17) is 10.3 Å². The first kappa shape index (κ1) is 15.6. The van der Waals surface area contributed by atoms with Crippen LogP contribution < -0.4 is 5.73 Å². The molecule has 5 heteroatoms. The summed E-state index contributed by atoms with van der Waals surface area (Å²) in [6.07, 6.45) is 2.62. The lowest BCUT2D eigenvalue weighted by Gasteiger charge is -2.22. The lowest BCUT2D eigenvalue weighted by molar-refractivity contribution is 0.289. The first-order chi connectivity index (χ1) is 9.91. The fourth-order valence-electron chi connectivity index (χ4n) is 2.22. The molecular weight excluding hydrogens is 269 g/mol. The molecule has 0 atom stereocenters. The van der Waals surface area contributed by atoms with E-state index < -0.39 is 0 Å². The second-order valence-corrected chi connectivity index (χ2v) is 6.18. The molecule has 4 nitrogen and oxygen atoms in total. The molecule has 0 aliphatic rings.